The Morgan fingerprint density at radius 3 is 1.48 bits per heavy atom. The van der Waals surface area contributed by atoms with Gasteiger partial charge in [-0.1, -0.05) is 152 Å². The molecule has 8 aromatic carbocycles. The van der Waals surface area contributed by atoms with Crippen molar-refractivity contribution >= 4 is 0 Å². The molecule has 2 aliphatic rings. The van der Waals surface area contributed by atoms with Gasteiger partial charge in [0.2, 0.25) is 0 Å². The van der Waals surface area contributed by atoms with Crippen LogP contribution in [0.5, 0.6) is 11.5 Å². The Bertz CT molecular complexity index is 2990. The van der Waals surface area contributed by atoms with E-state index in [1.54, 1.807) is 0 Å². The minimum Gasteiger partial charge on any atom is -0.457 e. The highest BCUT2D eigenvalue weighted by molar-refractivity contribution is 5.90. The summed E-state index contributed by atoms with van der Waals surface area (Å²) in [6, 6.07) is 71.9. The second-order valence-electron chi connectivity index (χ2n) is 14.8. The van der Waals surface area contributed by atoms with Gasteiger partial charge in [0.05, 0.1) is 28.4 Å². The molecule has 0 fully saturated rings. The van der Waals surface area contributed by atoms with Crippen LogP contribution in [-0.4, -0.2) is 9.97 Å². The highest BCUT2D eigenvalue weighted by Gasteiger charge is 2.51. The highest BCUT2D eigenvalue weighted by Crippen LogP contribution is 2.62. The van der Waals surface area contributed by atoms with Gasteiger partial charge in [0.15, 0.2) is 5.82 Å². The predicted molar refractivity (Wildman–Crippen MR) is 231 cm³/mol. The van der Waals surface area contributed by atoms with E-state index in [2.05, 4.69) is 146 Å². The van der Waals surface area contributed by atoms with Crippen molar-refractivity contribution in [3.05, 3.63) is 228 Å². The number of nitriles is 1. The molecule has 9 aromatic rings. The molecule has 11 rings (SSSR count). The molecule has 1 spiro atoms. The Balaban J connectivity index is 1.12. The minimum atomic E-state index is -0.669. The van der Waals surface area contributed by atoms with Crippen molar-refractivity contribution in [3.63, 3.8) is 0 Å². The van der Waals surface area contributed by atoms with Gasteiger partial charge in [0.1, 0.15) is 11.5 Å². The lowest BCUT2D eigenvalue weighted by Crippen LogP contribution is -2.32. The van der Waals surface area contributed by atoms with Crippen molar-refractivity contribution in [3.8, 4) is 84.9 Å². The number of ether oxygens (including phenoxy) is 1. The van der Waals surface area contributed by atoms with Crippen molar-refractivity contribution in [2.75, 3.05) is 0 Å². The first-order valence-electron chi connectivity index (χ1n) is 19.4. The summed E-state index contributed by atoms with van der Waals surface area (Å²) in [6.07, 6.45) is 0. The Hall–Kier alpha value is -7.87. The summed E-state index contributed by atoms with van der Waals surface area (Å²) in [5.41, 5.74) is 16.0. The van der Waals surface area contributed by atoms with Gasteiger partial charge >= 0.3 is 0 Å². The molecule has 0 N–H and O–H groups in total. The normalized spacial score (nSPS) is 12.7. The number of aromatic nitrogens is 2. The number of nitrogens with zero attached hydrogens (tertiary/aromatic N) is 3. The topological polar surface area (TPSA) is 58.8 Å². The maximum absolute atomic E-state index is 9.49. The molecule has 0 saturated carbocycles. The Kier molecular flexibility index (Phi) is 7.74. The van der Waals surface area contributed by atoms with Gasteiger partial charge in [0.25, 0.3) is 0 Å². The van der Waals surface area contributed by atoms with E-state index >= 15 is 0 Å². The molecule has 2 heterocycles. The van der Waals surface area contributed by atoms with Crippen LogP contribution in [0.4, 0.5) is 0 Å². The van der Waals surface area contributed by atoms with Crippen molar-refractivity contribution in [2.24, 2.45) is 0 Å². The molecule has 0 radical (unpaired) electrons. The fraction of sp³-hybridized carbons (Fsp3) is 0.0185. The average Bonchev–Trinajstić information content (AvgIpc) is 3.60. The van der Waals surface area contributed by atoms with Crippen LogP contribution in [-0.2, 0) is 5.41 Å². The van der Waals surface area contributed by atoms with Gasteiger partial charge in [-0.2, -0.15) is 5.26 Å². The van der Waals surface area contributed by atoms with E-state index in [4.69, 9.17) is 14.7 Å². The third kappa shape index (κ3) is 5.29. The Morgan fingerprint density at radius 2 is 0.862 bits per heavy atom. The zero-order chi connectivity index (χ0) is 38.6. The summed E-state index contributed by atoms with van der Waals surface area (Å²) in [6.45, 7) is 0. The standard InChI is InChI=1S/C54H33N3O/c55-34-35-12-11-17-40(30-35)36-22-24-37(25-23-36)41-26-28-51-47(31-41)54(45-20-9-7-18-43(45)44-19-8-10-21-46(44)54)48-32-42(27-29-52(48)58-51)50-33-49(38-13-3-1-4-14-38)56-53(57-50)39-15-5-2-6-16-39/h1-33H. The second-order valence-corrected chi connectivity index (χ2v) is 14.8. The number of hydrogen-bond acceptors (Lipinski definition) is 4. The van der Waals surface area contributed by atoms with Crippen LogP contribution in [0.1, 0.15) is 27.8 Å². The molecule has 0 atom stereocenters. The summed E-state index contributed by atoms with van der Waals surface area (Å²) in [5, 5.41) is 9.49. The van der Waals surface area contributed by atoms with Gasteiger partial charge < -0.3 is 4.74 Å². The lowest BCUT2D eigenvalue weighted by atomic mass is 9.65. The predicted octanol–water partition coefficient (Wildman–Crippen LogP) is 13.2. The van der Waals surface area contributed by atoms with E-state index in [9.17, 15) is 5.26 Å². The molecule has 0 amide bonds. The van der Waals surface area contributed by atoms with E-state index < -0.39 is 5.41 Å². The van der Waals surface area contributed by atoms with E-state index in [1.165, 1.54) is 22.3 Å². The molecule has 1 aliphatic heterocycles. The highest BCUT2D eigenvalue weighted by atomic mass is 16.5. The fourth-order valence-corrected chi connectivity index (χ4v) is 8.93. The van der Waals surface area contributed by atoms with Crippen LogP contribution < -0.4 is 4.74 Å². The Morgan fingerprint density at radius 1 is 0.379 bits per heavy atom. The summed E-state index contributed by atoms with van der Waals surface area (Å²) in [4.78, 5) is 10.3. The average molecular weight is 740 g/mol. The summed E-state index contributed by atoms with van der Waals surface area (Å²) < 4.78 is 6.90. The molecule has 4 heteroatoms. The van der Waals surface area contributed by atoms with Gasteiger partial charge in [-0.15, -0.1) is 0 Å². The SMILES string of the molecule is N#Cc1cccc(-c2ccc(-c3ccc4c(c3)C3(c5cc(-c6cc(-c7ccccc7)nc(-c7ccccc7)n6)ccc5O4)c4ccccc4-c4ccccc43)cc2)c1. The molecule has 4 nitrogen and oxygen atoms in total. The van der Waals surface area contributed by atoms with E-state index in [-0.39, 0.29) is 0 Å². The third-order valence-corrected chi connectivity index (χ3v) is 11.6. The van der Waals surface area contributed by atoms with Crippen LogP contribution in [0.3, 0.4) is 0 Å². The van der Waals surface area contributed by atoms with Gasteiger partial charge in [-0.05, 0) is 93.0 Å². The summed E-state index contributed by atoms with van der Waals surface area (Å²) in [7, 11) is 0. The van der Waals surface area contributed by atoms with E-state index in [0.29, 0.717) is 11.4 Å². The maximum atomic E-state index is 9.49. The lowest BCUT2D eigenvalue weighted by molar-refractivity contribution is 0.436. The first-order valence-corrected chi connectivity index (χ1v) is 19.4. The smallest absolute Gasteiger partial charge is 0.160 e. The van der Waals surface area contributed by atoms with Gasteiger partial charge in [-0.3, -0.25) is 0 Å². The molecular formula is C54H33N3O. The maximum Gasteiger partial charge on any atom is 0.160 e. The fourth-order valence-electron chi connectivity index (χ4n) is 8.93. The van der Waals surface area contributed by atoms with Crippen molar-refractivity contribution < 1.29 is 4.74 Å². The zero-order valence-corrected chi connectivity index (χ0v) is 31.3. The molecule has 0 bridgehead atoms. The molecule has 0 unspecified atom stereocenters. The summed E-state index contributed by atoms with van der Waals surface area (Å²) >= 11 is 0. The minimum absolute atomic E-state index is 0.648. The number of hydrogen-bond donors (Lipinski definition) is 0. The molecule has 270 valence electrons. The molecule has 0 saturated heterocycles. The van der Waals surface area contributed by atoms with E-state index in [1.807, 2.05) is 60.7 Å². The number of fused-ring (bicyclic) bond motifs is 9. The van der Waals surface area contributed by atoms with Crippen LogP contribution in [0.25, 0.3) is 67.3 Å². The van der Waals surface area contributed by atoms with Crippen molar-refractivity contribution in [1.29, 1.82) is 5.26 Å². The number of rotatable bonds is 5. The zero-order valence-electron chi connectivity index (χ0n) is 31.3. The van der Waals surface area contributed by atoms with E-state index in [0.717, 1.165) is 73.0 Å². The molecular weight excluding hydrogens is 707 g/mol. The molecule has 1 aliphatic carbocycles. The first-order chi connectivity index (χ1) is 28.7. The third-order valence-electron chi connectivity index (χ3n) is 11.6. The molecule has 58 heavy (non-hydrogen) atoms. The monoisotopic (exact) mass is 739 g/mol. The van der Waals surface area contributed by atoms with Crippen LogP contribution in [0, 0.1) is 11.3 Å². The summed E-state index contributed by atoms with van der Waals surface area (Å²) in [5.74, 6) is 2.33. The largest absolute Gasteiger partial charge is 0.457 e. The van der Waals surface area contributed by atoms with Crippen LogP contribution in [0.15, 0.2) is 200 Å². The Labute approximate surface area is 337 Å². The van der Waals surface area contributed by atoms with Crippen molar-refractivity contribution in [1.82, 2.24) is 9.97 Å². The van der Waals surface area contributed by atoms with Crippen LogP contribution >= 0.6 is 0 Å². The number of benzene rings is 8. The van der Waals surface area contributed by atoms with Gasteiger partial charge in [-0.25, -0.2) is 9.97 Å². The second kappa shape index (κ2) is 13.4. The van der Waals surface area contributed by atoms with Crippen LogP contribution in [0.2, 0.25) is 0 Å². The van der Waals surface area contributed by atoms with Crippen molar-refractivity contribution in [2.45, 2.75) is 5.41 Å². The quantitative estimate of drug-likeness (QED) is 0.176. The first kappa shape index (κ1) is 33.5. The molecule has 1 aromatic heterocycles. The van der Waals surface area contributed by atoms with Gasteiger partial charge in [0, 0.05) is 27.8 Å². The lowest BCUT2D eigenvalue weighted by Gasteiger charge is -2.40.